The lowest BCUT2D eigenvalue weighted by atomic mass is 9.87. The molecule has 0 saturated carbocycles. The predicted octanol–water partition coefficient (Wildman–Crippen LogP) is 3.68. The van der Waals surface area contributed by atoms with Gasteiger partial charge in [-0.05, 0) is 55.7 Å². The molecule has 3 heteroatoms. The number of fused-ring (bicyclic) bond motifs is 2. The number of rotatable bonds is 4. The molecule has 0 aromatic heterocycles. The molecule has 2 nitrogen and oxygen atoms in total. The lowest BCUT2D eigenvalue weighted by Gasteiger charge is -2.28. The molecule has 0 spiro atoms. The van der Waals surface area contributed by atoms with Crippen molar-refractivity contribution < 1.29 is 4.79 Å². The maximum Gasteiger partial charge on any atom is 0.137 e. The van der Waals surface area contributed by atoms with Crippen molar-refractivity contribution in [3.05, 3.63) is 34.3 Å². The lowest BCUT2D eigenvalue weighted by Crippen LogP contribution is -2.38. The molecule has 3 rings (SSSR count). The van der Waals surface area contributed by atoms with Crippen molar-refractivity contribution in [2.45, 2.75) is 57.5 Å². The van der Waals surface area contributed by atoms with Gasteiger partial charge in [-0.3, -0.25) is 4.79 Å². The van der Waals surface area contributed by atoms with Crippen LogP contribution >= 0.6 is 11.6 Å². The number of piperidine rings is 1. The summed E-state index contributed by atoms with van der Waals surface area (Å²) in [5, 5.41) is 4.35. The Morgan fingerprint density at radius 1 is 1.30 bits per heavy atom. The van der Waals surface area contributed by atoms with Gasteiger partial charge in [0.1, 0.15) is 5.78 Å². The van der Waals surface area contributed by atoms with Crippen molar-refractivity contribution in [3.63, 3.8) is 0 Å². The minimum atomic E-state index is 0.335. The molecule has 2 bridgehead atoms. The maximum absolute atomic E-state index is 12.3. The summed E-state index contributed by atoms with van der Waals surface area (Å²) in [5.74, 6) is 0.910. The molecule has 1 N–H and O–H groups in total. The highest BCUT2D eigenvalue weighted by molar-refractivity contribution is 6.31. The largest absolute Gasteiger partial charge is 0.311 e. The summed E-state index contributed by atoms with van der Waals surface area (Å²) >= 11 is 6.21. The normalized spacial score (nSPS) is 28.6. The summed E-state index contributed by atoms with van der Waals surface area (Å²) in [6, 6.07) is 7.28. The molecule has 0 radical (unpaired) electrons. The number of carbonyl (C=O) groups excluding carboxylic acids is 1. The van der Waals surface area contributed by atoms with Gasteiger partial charge in [-0.15, -0.1) is 0 Å². The van der Waals surface area contributed by atoms with Gasteiger partial charge >= 0.3 is 0 Å². The van der Waals surface area contributed by atoms with Crippen LogP contribution in [-0.4, -0.2) is 17.9 Å². The molecule has 2 aliphatic heterocycles. The van der Waals surface area contributed by atoms with Crippen LogP contribution in [0, 0.1) is 12.8 Å². The highest BCUT2D eigenvalue weighted by Crippen LogP contribution is 2.33. The number of carbonyl (C=O) groups is 1. The number of Topliss-reactive ketones (excluding diaryl/α,β-unsaturated/α-hetero) is 1. The lowest BCUT2D eigenvalue weighted by molar-refractivity contribution is -0.119. The van der Waals surface area contributed by atoms with Crippen LogP contribution in [0.5, 0.6) is 0 Å². The highest BCUT2D eigenvalue weighted by atomic mass is 35.5. The zero-order valence-electron chi connectivity index (χ0n) is 12.0. The summed E-state index contributed by atoms with van der Waals surface area (Å²) in [5.41, 5.74) is 2.11. The molecule has 20 heavy (non-hydrogen) atoms. The van der Waals surface area contributed by atoms with Crippen molar-refractivity contribution in [1.29, 1.82) is 0 Å². The monoisotopic (exact) mass is 291 g/mol. The quantitative estimate of drug-likeness (QED) is 0.917. The number of aryl methyl sites for hydroxylation is 1. The number of hydrogen-bond acceptors (Lipinski definition) is 2. The van der Waals surface area contributed by atoms with Crippen LogP contribution in [0.3, 0.4) is 0 Å². The third-order valence-corrected chi connectivity index (χ3v) is 5.04. The van der Waals surface area contributed by atoms with E-state index >= 15 is 0 Å². The van der Waals surface area contributed by atoms with Crippen LogP contribution in [-0.2, 0) is 11.2 Å². The summed E-state index contributed by atoms with van der Waals surface area (Å²) in [6.45, 7) is 2.02. The van der Waals surface area contributed by atoms with E-state index in [1.165, 1.54) is 25.7 Å². The Kier molecular flexibility index (Phi) is 4.13. The molecule has 0 aliphatic carbocycles. The SMILES string of the molecule is Cc1ccc(CC(=O)CC2CC3CCC(C2)N3)c(Cl)c1. The van der Waals surface area contributed by atoms with Gasteiger partial charge in [-0.1, -0.05) is 23.7 Å². The second kappa shape index (κ2) is 5.87. The minimum absolute atomic E-state index is 0.335. The Bertz CT molecular complexity index is 502. The van der Waals surface area contributed by atoms with Gasteiger partial charge < -0.3 is 5.32 Å². The Balaban J connectivity index is 1.57. The zero-order chi connectivity index (χ0) is 14.1. The molecule has 2 unspecified atom stereocenters. The number of benzene rings is 1. The van der Waals surface area contributed by atoms with E-state index in [0.717, 1.165) is 22.6 Å². The fraction of sp³-hybridized carbons (Fsp3) is 0.588. The fourth-order valence-electron chi connectivity index (χ4n) is 3.74. The number of hydrogen-bond donors (Lipinski definition) is 1. The number of nitrogens with one attached hydrogen (secondary N) is 1. The third kappa shape index (κ3) is 3.24. The van der Waals surface area contributed by atoms with E-state index in [4.69, 9.17) is 11.6 Å². The van der Waals surface area contributed by atoms with Gasteiger partial charge in [0.2, 0.25) is 0 Å². The van der Waals surface area contributed by atoms with Crippen molar-refractivity contribution in [2.75, 3.05) is 0 Å². The molecule has 2 heterocycles. The van der Waals surface area contributed by atoms with Gasteiger partial charge in [0.05, 0.1) is 0 Å². The summed E-state index contributed by atoms with van der Waals surface area (Å²) in [4.78, 5) is 12.3. The van der Waals surface area contributed by atoms with E-state index < -0.39 is 0 Å². The van der Waals surface area contributed by atoms with Gasteiger partial charge in [0, 0.05) is 29.9 Å². The standard InChI is InChI=1S/C17H22ClNO/c1-11-2-3-13(17(18)6-11)10-16(20)9-12-7-14-4-5-15(8-12)19-14/h2-3,6,12,14-15,19H,4-5,7-10H2,1H3. The predicted molar refractivity (Wildman–Crippen MR) is 82.2 cm³/mol. The molecular weight excluding hydrogens is 270 g/mol. The first-order chi connectivity index (χ1) is 9.60. The zero-order valence-corrected chi connectivity index (χ0v) is 12.7. The summed E-state index contributed by atoms with van der Waals surface area (Å²) in [7, 11) is 0. The smallest absolute Gasteiger partial charge is 0.137 e. The first kappa shape index (κ1) is 14.1. The van der Waals surface area contributed by atoms with Crippen molar-refractivity contribution in [1.82, 2.24) is 5.32 Å². The highest BCUT2D eigenvalue weighted by Gasteiger charge is 2.34. The summed E-state index contributed by atoms with van der Waals surface area (Å²) < 4.78 is 0. The molecule has 2 aliphatic rings. The van der Waals surface area contributed by atoms with E-state index in [9.17, 15) is 4.79 Å². The number of halogens is 1. The number of ketones is 1. The third-order valence-electron chi connectivity index (χ3n) is 4.68. The first-order valence-electron chi connectivity index (χ1n) is 7.63. The first-order valence-corrected chi connectivity index (χ1v) is 8.00. The molecule has 2 saturated heterocycles. The van der Waals surface area contributed by atoms with Crippen LogP contribution in [0.15, 0.2) is 18.2 Å². The van der Waals surface area contributed by atoms with Crippen LogP contribution < -0.4 is 5.32 Å². The van der Waals surface area contributed by atoms with Crippen LogP contribution in [0.4, 0.5) is 0 Å². The van der Waals surface area contributed by atoms with Gasteiger partial charge in [0.25, 0.3) is 0 Å². The topological polar surface area (TPSA) is 29.1 Å². The molecule has 1 aromatic rings. The Hall–Kier alpha value is -0.860. The van der Waals surface area contributed by atoms with Crippen LogP contribution in [0.25, 0.3) is 0 Å². The minimum Gasteiger partial charge on any atom is -0.311 e. The summed E-state index contributed by atoms with van der Waals surface area (Å²) in [6.07, 6.45) is 6.13. The van der Waals surface area contributed by atoms with E-state index in [1.54, 1.807) is 0 Å². The molecule has 1 aromatic carbocycles. The fourth-order valence-corrected chi connectivity index (χ4v) is 4.05. The van der Waals surface area contributed by atoms with Crippen molar-refractivity contribution in [3.8, 4) is 0 Å². The van der Waals surface area contributed by atoms with Gasteiger partial charge in [-0.25, -0.2) is 0 Å². The molecule has 108 valence electrons. The molecule has 2 fully saturated rings. The van der Waals surface area contributed by atoms with E-state index in [-0.39, 0.29) is 0 Å². The second-order valence-corrected chi connectivity index (χ2v) is 6.90. The van der Waals surface area contributed by atoms with Crippen LogP contribution in [0.1, 0.15) is 43.2 Å². The van der Waals surface area contributed by atoms with Gasteiger partial charge in [-0.2, -0.15) is 0 Å². The average molecular weight is 292 g/mol. The second-order valence-electron chi connectivity index (χ2n) is 6.49. The Morgan fingerprint density at radius 2 is 2.00 bits per heavy atom. The molecular formula is C17H22ClNO. The van der Waals surface area contributed by atoms with E-state index in [0.29, 0.717) is 30.2 Å². The van der Waals surface area contributed by atoms with Crippen molar-refractivity contribution >= 4 is 17.4 Å². The molecule has 0 amide bonds. The van der Waals surface area contributed by atoms with Crippen molar-refractivity contribution in [2.24, 2.45) is 5.92 Å². The Labute approximate surface area is 125 Å². The van der Waals surface area contributed by atoms with E-state index in [2.05, 4.69) is 5.32 Å². The van der Waals surface area contributed by atoms with Crippen LogP contribution in [0.2, 0.25) is 5.02 Å². The molecule has 2 atom stereocenters. The van der Waals surface area contributed by atoms with Gasteiger partial charge in [0.15, 0.2) is 0 Å². The van der Waals surface area contributed by atoms with E-state index in [1.807, 2.05) is 25.1 Å². The average Bonchev–Trinajstić information content (AvgIpc) is 2.72. The Morgan fingerprint density at radius 3 is 2.65 bits per heavy atom. The maximum atomic E-state index is 12.3.